The van der Waals surface area contributed by atoms with Crippen molar-refractivity contribution < 1.29 is 30.7 Å². The first-order valence-corrected chi connectivity index (χ1v) is 8.36. The van der Waals surface area contributed by atoms with Crippen molar-refractivity contribution >= 4 is 41.0 Å². The fourth-order valence-corrected chi connectivity index (χ4v) is 4.06. The second kappa shape index (κ2) is 5.84. The van der Waals surface area contributed by atoms with Gasteiger partial charge in [-0.1, -0.05) is 24.3 Å². The SMILES string of the molecule is FC(F)(F)[s+]1c2ccccc2c2ccccc21.O=S(=O)([O-])O. The molecule has 22 heavy (non-hydrogen) atoms. The van der Waals surface area contributed by atoms with Gasteiger partial charge in [-0.25, -0.2) is 8.42 Å². The second-order valence-electron chi connectivity index (χ2n) is 4.17. The highest BCUT2D eigenvalue weighted by molar-refractivity contribution is 7.79. The van der Waals surface area contributed by atoms with Crippen molar-refractivity contribution in [3.63, 3.8) is 0 Å². The van der Waals surface area contributed by atoms with Gasteiger partial charge >= 0.3 is 5.51 Å². The maximum Gasteiger partial charge on any atom is 0.601 e. The van der Waals surface area contributed by atoms with Gasteiger partial charge in [-0.2, -0.15) is 0 Å². The summed E-state index contributed by atoms with van der Waals surface area (Å²) in [5.41, 5.74) is -4.21. The van der Waals surface area contributed by atoms with E-state index in [2.05, 4.69) is 0 Å². The molecule has 0 aliphatic rings. The molecule has 0 atom stereocenters. The summed E-state index contributed by atoms with van der Waals surface area (Å²) in [6, 6.07) is 13.5. The molecule has 9 heteroatoms. The summed E-state index contributed by atoms with van der Waals surface area (Å²) in [6.07, 6.45) is 0. The fraction of sp³-hybridized carbons (Fsp3) is 0.0769. The quantitative estimate of drug-likeness (QED) is 0.374. The highest BCUT2D eigenvalue weighted by atomic mass is 32.3. The minimum absolute atomic E-state index is 0.390. The lowest BCUT2D eigenvalue weighted by Crippen LogP contribution is -1.94. The van der Waals surface area contributed by atoms with Crippen LogP contribution in [0.2, 0.25) is 0 Å². The molecule has 0 saturated heterocycles. The van der Waals surface area contributed by atoms with E-state index in [1.807, 2.05) is 0 Å². The van der Waals surface area contributed by atoms with E-state index in [-0.39, 0.29) is 0 Å². The van der Waals surface area contributed by atoms with Gasteiger partial charge in [0, 0.05) is 10.8 Å². The summed E-state index contributed by atoms with van der Waals surface area (Å²) in [6.45, 7) is 0. The van der Waals surface area contributed by atoms with Crippen LogP contribution in [0.5, 0.6) is 0 Å². The molecular formula is C13H9F3O4S2. The predicted octanol–water partition coefficient (Wildman–Crippen LogP) is 4.22. The van der Waals surface area contributed by atoms with E-state index in [1.54, 1.807) is 48.5 Å². The summed E-state index contributed by atoms with van der Waals surface area (Å²) in [7, 11) is -6.71. The van der Waals surface area contributed by atoms with Crippen molar-refractivity contribution in [1.29, 1.82) is 0 Å². The lowest BCUT2D eigenvalue weighted by atomic mass is 10.2. The molecule has 0 unspecified atom stereocenters. The summed E-state index contributed by atoms with van der Waals surface area (Å²) in [5.74, 6) is 0. The van der Waals surface area contributed by atoms with Crippen molar-refractivity contribution in [2.45, 2.75) is 5.51 Å². The Bertz CT molecular complexity index is 853. The molecule has 0 fully saturated rings. The Hall–Kier alpha value is -1.68. The minimum Gasteiger partial charge on any atom is -0.726 e. The molecule has 0 radical (unpaired) electrons. The van der Waals surface area contributed by atoms with Gasteiger partial charge in [0.25, 0.3) is 0 Å². The van der Waals surface area contributed by atoms with Crippen molar-refractivity contribution in [1.82, 2.24) is 0 Å². The van der Waals surface area contributed by atoms with Crippen LogP contribution < -0.4 is 0 Å². The topological polar surface area (TPSA) is 77.4 Å². The van der Waals surface area contributed by atoms with Gasteiger partial charge in [-0.3, -0.25) is 4.55 Å². The normalized spacial score (nSPS) is 12.2. The van der Waals surface area contributed by atoms with E-state index in [1.165, 1.54) is 0 Å². The zero-order valence-corrected chi connectivity index (χ0v) is 12.4. The van der Waals surface area contributed by atoms with Crippen molar-refractivity contribution in [3.8, 4) is 0 Å². The molecule has 1 N–H and O–H groups in total. The Labute approximate surface area is 126 Å². The van der Waals surface area contributed by atoms with Gasteiger partial charge in [-0.05, 0) is 24.3 Å². The summed E-state index contributed by atoms with van der Waals surface area (Å²) in [4.78, 5) is 0. The predicted molar refractivity (Wildman–Crippen MR) is 77.6 cm³/mol. The van der Waals surface area contributed by atoms with Crippen molar-refractivity contribution in [2.24, 2.45) is 0 Å². The van der Waals surface area contributed by atoms with E-state index < -0.39 is 26.4 Å². The van der Waals surface area contributed by atoms with Gasteiger partial charge in [0.1, 0.15) is 10.5 Å². The Morgan fingerprint density at radius 3 is 1.55 bits per heavy atom. The number of rotatable bonds is 0. The molecule has 0 aliphatic heterocycles. The third-order valence-corrected chi connectivity index (χ3v) is 4.79. The van der Waals surface area contributed by atoms with Crippen LogP contribution >= 0.6 is 10.5 Å². The van der Waals surface area contributed by atoms with Gasteiger partial charge in [-0.15, -0.1) is 13.2 Å². The van der Waals surface area contributed by atoms with Crippen LogP contribution in [-0.2, 0) is 15.9 Å². The molecule has 0 spiro atoms. The lowest BCUT2D eigenvalue weighted by Gasteiger charge is -1.95. The van der Waals surface area contributed by atoms with Crippen LogP contribution in [0, 0.1) is 0 Å². The smallest absolute Gasteiger partial charge is 0.601 e. The first kappa shape index (κ1) is 16.7. The zero-order chi connectivity index (χ0) is 16.5. The zero-order valence-electron chi connectivity index (χ0n) is 10.7. The van der Waals surface area contributed by atoms with Crippen molar-refractivity contribution in [3.05, 3.63) is 48.5 Å². The molecule has 0 saturated carbocycles. The highest BCUT2D eigenvalue weighted by Crippen LogP contribution is 2.53. The van der Waals surface area contributed by atoms with Crippen molar-refractivity contribution in [2.75, 3.05) is 0 Å². The third-order valence-electron chi connectivity index (χ3n) is 2.74. The molecule has 4 nitrogen and oxygen atoms in total. The fourth-order valence-electron chi connectivity index (χ4n) is 2.10. The van der Waals surface area contributed by atoms with Crippen LogP contribution in [0.15, 0.2) is 48.5 Å². The van der Waals surface area contributed by atoms with Crippen LogP contribution in [0.1, 0.15) is 0 Å². The largest absolute Gasteiger partial charge is 0.726 e. The molecule has 2 aromatic carbocycles. The first-order valence-electron chi connectivity index (χ1n) is 5.77. The summed E-state index contributed by atoms with van der Waals surface area (Å²) >= 11 is 0. The van der Waals surface area contributed by atoms with E-state index in [0.29, 0.717) is 20.2 Å². The number of hydrogen-bond acceptors (Lipinski definition) is 3. The van der Waals surface area contributed by atoms with E-state index in [4.69, 9.17) is 17.5 Å². The number of fused-ring (bicyclic) bond motifs is 3. The average molecular weight is 350 g/mol. The summed E-state index contributed by atoms with van der Waals surface area (Å²) < 4.78 is 73.0. The molecular weight excluding hydrogens is 341 g/mol. The highest BCUT2D eigenvalue weighted by Gasteiger charge is 2.47. The molecule has 1 aromatic heterocycles. The number of hydrogen-bond donors (Lipinski definition) is 1. The minimum atomic E-state index is -4.92. The molecule has 3 rings (SSSR count). The maximum absolute atomic E-state index is 13.1. The summed E-state index contributed by atoms with van der Waals surface area (Å²) in [5, 5.41) is 1.42. The van der Waals surface area contributed by atoms with Gasteiger partial charge in [0.15, 0.2) is 9.40 Å². The first-order chi connectivity index (χ1) is 10.1. The number of thiophene rings is 1. The number of halogens is 3. The van der Waals surface area contributed by atoms with Gasteiger partial charge in [0.2, 0.25) is 10.4 Å². The molecule has 0 aliphatic carbocycles. The second-order valence-corrected chi connectivity index (χ2v) is 6.98. The molecule has 1 heterocycles. The average Bonchev–Trinajstić information content (AvgIpc) is 2.71. The maximum atomic E-state index is 13.1. The molecule has 0 amide bonds. The molecule has 3 aromatic rings. The van der Waals surface area contributed by atoms with Crippen LogP contribution in [0.4, 0.5) is 13.2 Å². The van der Waals surface area contributed by atoms with Crippen LogP contribution in [0.25, 0.3) is 20.2 Å². The number of alkyl halides is 3. The Kier molecular flexibility index (Phi) is 4.43. The van der Waals surface area contributed by atoms with E-state index in [9.17, 15) is 13.2 Å². The lowest BCUT2D eigenvalue weighted by molar-refractivity contribution is -0.0862. The van der Waals surface area contributed by atoms with Crippen LogP contribution in [0.3, 0.4) is 0 Å². The molecule has 0 bridgehead atoms. The van der Waals surface area contributed by atoms with Gasteiger partial charge in [0.05, 0.1) is 0 Å². The Morgan fingerprint density at radius 2 is 1.23 bits per heavy atom. The van der Waals surface area contributed by atoms with Gasteiger partial charge < -0.3 is 4.55 Å². The Morgan fingerprint density at radius 1 is 0.909 bits per heavy atom. The van der Waals surface area contributed by atoms with E-state index in [0.717, 1.165) is 0 Å². The Balaban J connectivity index is 0.000000309. The molecule has 118 valence electrons. The van der Waals surface area contributed by atoms with Crippen LogP contribution in [-0.4, -0.2) is 17.5 Å². The number of benzene rings is 2. The van der Waals surface area contributed by atoms with E-state index >= 15 is 0 Å². The third kappa shape index (κ3) is 3.74. The monoisotopic (exact) mass is 350 g/mol. The standard InChI is InChI=1S/C13H8F3S.H2O4S/c14-13(15,16)17-11-7-3-1-5-9(11)10-6-2-4-8-12(10)17;1-5(2,3)4/h1-8H;(H2,1,2,3,4)/q+1;/p-1.